The first-order chi connectivity index (χ1) is 14.8. The summed E-state index contributed by atoms with van der Waals surface area (Å²) in [6, 6.07) is 5.08. The molecule has 3 amide bonds. The molecule has 0 unspecified atom stereocenters. The van der Waals surface area contributed by atoms with Crippen LogP contribution in [0.3, 0.4) is 0 Å². The quantitative estimate of drug-likeness (QED) is 0.731. The summed E-state index contributed by atoms with van der Waals surface area (Å²) in [5.41, 5.74) is -0.0613. The minimum Gasteiger partial charge on any atom is -0.482 e. The molecule has 2 aliphatic rings. The highest BCUT2D eigenvalue weighted by Gasteiger charge is 2.36. The molecule has 176 valence electrons. The molecule has 0 radical (unpaired) electrons. The molecule has 0 saturated carbocycles. The number of anilines is 2. The van der Waals surface area contributed by atoms with E-state index in [1.165, 1.54) is 0 Å². The Labute approximate surface area is 189 Å². The van der Waals surface area contributed by atoms with Gasteiger partial charge in [-0.05, 0) is 72.6 Å². The van der Waals surface area contributed by atoms with Crippen molar-refractivity contribution in [2.24, 2.45) is 0 Å². The predicted octanol–water partition coefficient (Wildman–Crippen LogP) is 4.16. The van der Waals surface area contributed by atoms with E-state index < -0.39 is 17.3 Å². The van der Waals surface area contributed by atoms with Crippen LogP contribution in [-0.4, -0.2) is 59.9 Å². The first kappa shape index (κ1) is 23.7. The molecule has 3 rings (SSSR count). The van der Waals surface area contributed by atoms with Gasteiger partial charge in [-0.15, -0.1) is 0 Å². The molecule has 2 heterocycles. The third-order valence-corrected chi connectivity index (χ3v) is 4.96. The number of piperidine rings is 1. The molecule has 1 aromatic carbocycles. The van der Waals surface area contributed by atoms with E-state index in [4.69, 9.17) is 14.2 Å². The first-order valence-corrected chi connectivity index (χ1v) is 10.9. The zero-order chi connectivity index (χ0) is 23.7. The Morgan fingerprint density at radius 3 is 2.25 bits per heavy atom. The smallest absolute Gasteiger partial charge is 0.412 e. The Morgan fingerprint density at radius 1 is 1.03 bits per heavy atom. The third kappa shape index (κ3) is 6.05. The summed E-state index contributed by atoms with van der Waals surface area (Å²) in [5.74, 6) is 0.427. The molecule has 1 saturated heterocycles. The Balaban J connectivity index is 1.72. The molecular formula is C23H33N3O6. The number of benzene rings is 1. The monoisotopic (exact) mass is 447 g/mol. The second kappa shape index (κ2) is 8.88. The van der Waals surface area contributed by atoms with Crippen LogP contribution in [0.25, 0.3) is 0 Å². The van der Waals surface area contributed by atoms with E-state index in [1.54, 1.807) is 48.8 Å². The van der Waals surface area contributed by atoms with E-state index in [1.807, 2.05) is 20.8 Å². The topological polar surface area (TPSA) is 97.4 Å². The van der Waals surface area contributed by atoms with Gasteiger partial charge < -0.3 is 24.0 Å². The number of rotatable bonds is 2. The molecule has 9 nitrogen and oxygen atoms in total. The molecule has 0 aromatic heterocycles. The van der Waals surface area contributed by atoms with Gasteiger partial charge in [0.1, 0.15) is 17.0 Å². The predicted molar refractivity (Wildman–Crippen MR) is 120 cm³/mol. The number of amides is 3. The Bertz CT molecular complexity index is 879. The molecule has 9 heteroatoms. The maximum Gasteiger partial charge on any atom is 0.412 e. The van der Waals surface area contributed by atoms with Crippen molar-refractivity contribution in [3.05, 3.63) is 18.2 Å². The van der Waals surface area contributed by atoms with Gasteiger partial charge in [-0.25, -0.2) is 9.59 Å². The van der Waals surface area contributed by atoms with Gasteiger partial charge >= 0.3 is 12.2 Å². The van der Waals surface area contributed by atoms with Crippen molar-refractivity contribution in [2.45, 2.75) is 71.6 Å². The number of ether oxygens (including phenoxy) is 3. The average Bonchev–Trinajstić information content (AvgIpc) is 2.65. The van der Waals surface area contributed by atoms with Crippen molar-refractivity contribution in [1.29, 1.82) is 0 Å². The zero-order valence-electron chi connectivity index (χ0n) is 19.7. The molecule has 0 bridgehead atoms. The standard InChI is InChI=1S/C23H33N3O6/c1-22(2,3)31-20(28)24-15-7-8-18-17(13-15)26(19(27)14-30-18)16-9-11-25(12-10-16)21(29)32-23(4,5)6/h7-8,13,16H,9-12,14H2,1-6H3,(H,24,28). The van der Waals surface area contributed by atoms with Crippen LogP contribution < -0.4 is 15.0 Å². The number of fused-ring (bicyclic) bond motifs is 1. The lowest BCUT2D eigenvalue weighted by Gasteiger charge is -2.40. The fourth-order valence-electron chi connectivity index (χ4n) is 3.70. The summed E-state index contributed by atoms with van der Waals surface area (Å²) in [6.07, 6.45) is 0.327. The van der Waals surface area contributed by atoms with Crippen molar-refractivity contribution >= 4 is 29.5 Å². The lowest BCUT2D eigenvalue weighted by molar-refractivity contribution is -0.122. The summed E-state index contributed by atoms with van der Waals surface area (Å²) in [4.78, 5) is 40.7. The summed E-state index contributed by atoms with van der Waals surface area (Å²) < 4.78 is 16.4. The Hall–Kier alpha value is -2.97. The number of carbonyl (C=O) groups is 3. The fraction of sp³-hybridized carbons (Fsp3) is 0.609. The summed E-state index contributed by atoms with van der Waals surface area (Å²) in [5, 5.41) is 2.71. The molecule has 0 spiro atoms. The fourth-order valence-corrected chi connectivity index (χ4v) is 3.70. The maximum atomic E-state index is 12.8. The molecule has 1 N–H and O–H groups in total. The van der Waals surface area contributed by atoms with E-state index in [-0.39, 0.29) is 24.6 Å². The summed E-state index contributed by atoms with van der Waals surface area (Å²) >= 11 is 0. The summed E-state index contributed by atoms with van der Waals surface area (Å²) in [7, 11) is 0. The van der Waals surface area contributed by atoms with Gasteiger partial charge in [0.2, 0.25) is 0 Å². The maximum absolute atomic E-state index is 12.8. The highest BCUT2D eigenvalue weighted by molar-refractivity contribution is 5.99. The second-order valence-corrected chi connectivity index (χ2v) is 10.1. The third-order valence-electron chi connectivity index (χ3n) is 4.96. The molecule has 1 aromatic rings. The Morgan fingerprint density at radius 2 is 1.66 bits per heavy atom. The van der Waals surface area contributed by atoms with E-state index in [9.17, 15) is 14.4 Å². The van der Waals surface area contributed by atoms with Gasteiger partial charge in [0.05, 0.1) is 5.69 Å². The van der Waals surface area contributed by atoms with Gasteiger partial charge in [0.25, 0.3) is 5.91 Å². The molecule has 0 aliphatic carbocycles. The normalized spacial score (nSPS) is 17.4. The lowest BCUT2D eigenvalue weighted by atomic mass is 10.0. The van der Waals surface area contributed by atoms with Crippen LogP contribution in [0.5, 0.6) is 5.75 Å². The molecule has 0 atom stereocenters. The number of nitrogens with zero attached hydrogens (tertiary/aromatic N) is 2. The molecular weight excluding hydrogens is 414 g/mol. The summed E-state index contributed by atoms with van der Waals surface area (Å²) in [6.45, 7) is 11.8. The van der Waals surface area contributed by atoms with Crippen LogP contribution in [0.1, 0.15) is 54.4 Å². The highest BCUT2D eigenvalue weighted by atomic mass is 16.6. The zero-order valence-corrected chi connectivity index (χ0v) is 19.7. The van der Waals surface area contributed by atoms with Crippen molar-refractivity contribution in [3.8, 4) is 5.75 Å². The van der Waals surface area contributed by atoms with Crippen LogP contribution in [0.2, 0.25) is 0 Å². The number of likely N-dealkylation sites (tertiary alicyclic amines) is 1. The van der Waals surface area contributed by atoms with Gasteiger partial charge in [0.15, 0.2) is 6.61 Å². The van der Waals surface area contributed by atoms with Gasteiger partial charge in [-0.3, -0.25) is 10.1 Å². The largest absolute Gasteiger partial charge is 0.482 e. The molecule has 1 fully saturated rings. The Kier molecular flexibility index (Phi) is 6.57. The van der Waals surface area contributed by atoms with Crippen molar-refractivity contribution < 1.29 is 28.6 Å². The number of carbonyl (C=O) groups excluding carboxylic acids is 3. The van der Waals surface area contributed by atoms with Gasteiger partial charge in [0, 0.05) is 24.8 Å². The van der Waals surface area contributed by atoms with Crippen molar-refractivity contribution in [1.82, 2.24) is 4.90 Å². The van der Waals surface area contributed by atoms with E-state index >= 15 is 0 Å². The van der Waals surface area contributed by atoms with E-state index in [2.05, 4.69) is 5.32 Å². The first-order valence-electron chi connectivity index (χ1n) is 10.9. The minimum atomic E-state index is -0.620. The minimum absolute atomic E-state index is 0.0435. The molecule has 2 aliphatic heterocycles. The van der Waals surface area contributed by atoms with Gasteiger partial charge in [-0.2, -0.15) is 0 Å². The number of hydrogen-bond acceptors (Lipinski definition) is 6. The van der Waals surface area contributed by atoms with Crippen LogP contribution in [-0.2, 0) is 14.3 Å². The average molecular weight is 448 g/mol. The van der Waals surface area contributed by atoms with Crippen LogP contribution in [0.15, 0.2) is 18.2 Å². The second-order valence-electron chi connectivity index (χ2n) is 10.1. The van der Waals surface area contributed by atoms with Crippen LogP contribution >= 0.6 is 0 Å². The van der Waals surface area contributed by atoms with Crippen molar-refractivity contribution in [2.75, 3.05) is 29.9 Å². The SMILES string of the molecule is CC(C)(C)OC(=O)Nc1ccc2c(c1)N(C1CCN(C(=O)OC(C)(C)C)CC1)C(=O)CO2. The molecule has 32 heavy (non-hydrogen) atoms. The van der Waals surface area contributed by atoms with Crippen LogP contribution in [0, 0.1) is 0 Å². The highest BCUT2D eigenvalue weighted by Crippen LogP contribution is 2.37. The number of nitrogens with one attached hydrogen (secondary N) is 1. The van der Waals surface area contributed by atoms with E-state index in [0.717, 1.165) is 0 Å². The van der Waals surface area contributed by atoms with Gasteiger partial charge in [-0.1, -0.05) is 0 Å². The number of hydrogen-bond donors (Lipinski definition) is 1. The van der Waals surface area contributed by atoms with Crippen LogP contribution in [0.4, 0.5) is 21.0 Å². The van der Waals surface area contributed by atoms with Crippen molar-refractivity contribution in [3.63, 3.8) is 0 Å². The lowest BCUT2D eigenvalue weighted by Crippen LogP contribution is -2.52. The van der Waals surface area contributed by atoms with E-state index in [0.29, 0.717) is 43.1 Å².